The van der Waals surface area contributed by atoms with Crippen LogP contribution in [0.1, 0.15) is 30.3 Å². The van der Waals surface area contributed by atoms with Crippen LogP contribution in [0.15, 0.2) is 36.8 Å². The fourth-order valence-corrected chi connectivity index (χ4v) is 1.99. The average Bonchev–Trinajstić information content (AvgIpc) is 3.07. The van der Waals surface area contributed by atoms with Gasteiger partial charge in [0.15, 0.2) is 0 Å². The lowest BCUT2D eigenvalue weighted by atomic mass is 10.2. The predicted octanol–water partition coefficient (Wildman–Crippen LogP) is 2.40. The van der Waals surface area contributed by atoms with E-state index < -0.39 is 0 Å². The van der Waals surface area contributed by atoms with Crippen LogP contribution in [-0.2, 0) is 13.0 Å². The van der Waals surface area contributed by atoms with Gasteiger partial charge in [-0.25, -0.2) is 4.98 Å². The Morgan fingerprint density at radius 3 is 2.88 bits per heavy atom. The highest BCUT2D eigenvalue weighted by Crippen LogP contribution is 2.38. The zero-order valence-electron chi connectivity index (χ0n) is 9.21. The van der Waals surface area contributed by atoms with Gasteiger partial charge in [-0.1, -0.05) is 6.07 Å². The second-order valence-corrected chi connectivity index (χ2v) is 4.32. The molecule has 1 aliphatic carbocycles. The molecule has 2 aromatic rings. The highest BCUT2D eigenvalue weighted by atomic mass is 15.1. The van der Waals surface area contributed by atoms with Gasteiger partial charge in [-0.05, 0) is 25.0 Å². The zero-order chi connectivity index (χ0) is 10.8. The molecule has 0 N–H and O–H groups in total. The Bertz CT molecular complexity index is 457. The molecule has 0 unspecified atom stereocenters. The first-order chi connectivity index (χ1) is 7.93. The van der Waals surface area contributed by atoms with Crippen LogP contribution in [0, 0.1) is 0 Å². The minimum absolute atomic E-state index is 0.721. The maximum atomic E-state index is 4.43. The van der Waals surface area contributed by atoms with Crippen molar-refractivity contribution in [3.05, 3.63) is 48.3 Å². The first-order valence-electron chi connectivity index (χ1n) is 5.84. The number of aryl methyl sites for hydroxylation is 2. The van der Waals surface area contributed by atoms with Gasteiger partial charge in [-0.15, -0.1) is 0 Å². The summed E-state index contributed by atoms with van der Waals surface area (Å²) >= 11 is 0. The van der Waals surface area contributed by atoms with E-state index >= 15 is 0 Å². The van der Waals surface area contributed by atoms with Crippen LogP contribution >= 0.6 is 0 Å². The van der Waals surface area contributed by atoms with Crippen molar-refractivity contribution in [2.24, 2.45) is 0 Å². The number of aromatic nitrogens is 3. The summed E-state index contributed by atoms with van der Waals surface area (Å²) < 4.78 is 2.27. The van der Waals surface area contributed by atoms with Gasteiger partial charge >= 0.3 is 0 Å². The topological polar surface area (TPSA) is 30.7 Å². The van der Waals surface area contributed by atoms with Gasteiger partial charge in [-0.2, -0.15) is 0 Å². The smallest absolute Gasteiger partial charge is 0.111 e. The summed E-state index contributed by atoms with van der Waals surface area (Å²) in [4.78, 5) is 8.77. The van der Waals surface area contributed by atoms with Gasteiger partial charge < -0.3 is 4.57 Å². The van der Waals surface area contributed by atoms with E-state index in [4.69, 9.17) is 0 Å². The van der Waals surface area contributed by atoms with Crippen molar-refractivity contribution in [1.29, 1.82) is 0 Å². The minimum atomic E-state index is 0.721. The van der Waals surface area contributed by atoms with Gasteiger partial charge in [0.1, 0.15) is 5.82 Å². The molecule has 0 amide bonds. The molecule has 0 atom stereocenters. The lowest BCUT2D eigenvalue weighted by Crippen LogP contribution is -2.05. The van der Waals surface area contributed by atoms with E-state index in [1.807, 2.05) is 24.5 Å². The van der Waals surface area contributed by atoms with Crippen LogP contribution in [0.3, 0.4) is 0 Å². The number of hydrogen-bond acceptors (Lipinski definition) is 2. The Kier molecular flexibility index (Phi) is 2.44. The number of imidazole rings is 1. The Morgan fingerprint density at radius 1 is 1.19 bits per heavy atom. The zero-order valence-corrected chi connectivity index (χ0v) is 9.21. The van der Waals surface area contributed by atoms with Crippen molar-refractivity contribution in [3.8, 4) is 0 Å². The van der Waals surface area contributed by atoms with E-state index in [-0.39, 0.29) is 0 Å². The summed E-state index contributed by atoms with van der Waals surface area (Å²) in [6, 6.07) is 6.07. The molecule has 82 valence electrons. The summed E-state index contributed by atoms with van der Waals surface area (Å²) in [6.45, 7) is 0.989. The van der Waals surface area contributed by atoms with Crippen molar-refractivity contribution in [3.63, 3.8) is 0 Å². The summed E-state index contributed by atoms with van der Waals surface area (Å²) in [5.74, 6) is 1.98. The van der Waals surface area contributed by atoms with Crippen molar-refractivity contribution < 1.29 is 0 Å². The van der Waals surface area contributed by atoms with E-state index in [2.05, 4.69) is 26.8 Å². The summed E-state index contributed by atoms with van der Waals surface area (Å²) in [5, 5.41) is 0. The molecular formula is C13H15N3. The van der Waals surface area contributed by atoms with Gasteiger partial charge in [0, 0.05) is 43.2 Å². The Balaban J connectivity index is 1.68. The predicted molar refractivity (Wildman–Crippen MR) is 62.1 cm³/mol. The number of pyridine rings is 1. The molecule has 3 rings (SSSR count). The monoisotopic (exact) mass is 213 g/mol. The molecule has 1 fully saturated rings. The maximum Gasteiger partial charge on any atom is 0.111 e. The largest absolute Gasteiger partial charge is 0.334 e. The van der Waals surface area contributed by atoms with Crippen molar-refractivity contribution in [2.75, 3.05) is 0 Å². The molecule has 2 aromatic heterocycles. The van der Waals surface area contributed by atoms with Crippen LogP contribution in [0.2, 0.25) is 0 Å². The Hall–Kier alpha value is -1.64. The highest BCUT2D eigenvalue weighted by molar-refractivity contribution is 5.09. The summed E-state index contributed by atoms with van der Waals surface area (Å²) in [7, 11) is 0. The third-order valence-corrected chi connectivity index (χ3v) is 3.03. The number of hydrogen-bond donors (Lipinski definition) is 0. The fraction of sp³-hybridized carbons (Fsp3) is 0.385. The molecule has 0 radical (unpaired) electrons. The third-order valence-electron chi connectivity index (χ3n) is 3.03. The van der Waals surface area contributed by atoms with Crippen LogP contribution in [0.4, 0.5) is 0 Å². The number of rotatable bonds is 4. The van der Waals surface area contributed by atoms with Crippen molar-refractivity contribution >= 4 is 0 Å². The van der Waals surface area contributed by atoms with E-state index in [0.717, 1.165) is 24.6 Å². The average molecular weight is 213 g/mol. The summed E-state index contributed by atoms with van der Waals surface area (Å²) in [5.41, 5.74) is 1.15. The fourth-order valence-electron chi connectivity index (χ4n) is 1.99. The molecule has 0 saturated heterocycles. The van der Waals surface area contributed by atoms with Crippen LogP contribution in [-0.4, -0.2) is 14.5 Å². The molecule has 1 saturated carbocycles. The maximum absolute atomic E-state index is 4.43. The summed E-state index contributed by atoms with van der Waals surface area (Å²) in [6.07, 6.45) is 9.44. The molecule has 0 aliphatic heterocycles. The quantitative estimate of drug-likeness (QED) is 0.780. The highest BCUT2D eigenvalue weighted by Gasteiger charge is 2.27. The number of nitrogens with zero attached hydrogens (tertiary/aromatic N) is 3. The van der Waals surface area contributed by atoms with Crippen molar-refractivity contribution in [1.82, 2.24) is 14.5 Å². The Labute approximate surface area is 95.2 Å². The first-order valence-corrected chi connectivity index (χ1v) is 5.84. The van der Waals surface area contributed by atoms with Crippen LogP contribution in [0.5, 0.6) is 0 Å². The molecule has 16 heavy (non-hydrogen) atoms. The lowest BCUT2D eigenvalue weighted by molar-refractivity contribution is 0.645. The van der Waals surface area contributed by atoms with E-state index in [1.54, 1.807) is 0 Å². The standard InChI is InChI=1S/C13H15N3/c1-2-7-14-12(3-1)6-9-16-10-8-15-13(16)11-4-5-11/h1-3,7-8,10-11H,4-6,9H2. The molecule has 3 nitrogen and oxygen atoms in total. The molecule has 0 bridgehead atoms. The minimum Gasteiger partial charge on any atom is -0.334 e. The molecule has 0 aromatic carbocycles. The van der Waals surface area contributed by atoms with Crippen molar-refractivity contribution in [2.45, 2.75) is 31.7 Å². The second-order valence-electron chi connectivity index (χ2n) is 4.32. The molecule has 2 heterocycles. The SMILES string of the molecule is c1ccc(CCn2ccnc2C2CC2)nc1. The molecule has 0 spiro atoms. The van der Waals surface area contributed by atoms with Gasteiger partial charge in [-0.3, -0.25) is 4.98 Å². The second kappa shape index (κ2) is 4.08. The van der Waals surface area contributed by atoms with Crippen LogP contribution in [0.25, 0.3) is 0 Å². The molecule has 3 heteroatoms. The van der Waals surface area contributed by atoms with Gasteiger partial charge in [0.25, 0.3) is 0 Å². The van der Waals surface area contributed by atoms with Crippen LogP contribution < -0.4 is 0 Å². The lowest BCUT2D eigenvalue weighted by Gasteiger charge is -2.06. The van der Waals surface area contributed by atoms with E-state index in [0.29, 0.717) is 0 Å². The van der Waals surface area contributed by atoms with E-state index in [9.17, 15) is 0 Å². The van der Waals surface area contributed by atoms with Gasteiger partial charge in [0.05, 0.1) is 0 Å². The first kappa shape index (κ1) is 9.58. The van der Waals surface area contributed by atoms with Gasteiger partial charge in [0.2, 0.25) is 0 Å². The molecule has 1 aliphatic rings. The normalized spacial score (nSPS) is 15.2. The molecular weight excluding hydrogens is 198 g/mol. The van der Waals surface area contributed by atoms with E-state index in [1.165, 1.54) is 18.7 Å². The Morgan fingerprint density at radius 2 is 2.12 bits per heavy atom. The third kappa shape index (κ3) is 1.98.